The molecule has 20 heavy (non-hydrogen) atoms. The fourth-order valence-electron chi connectivity index (χ4n) is 2.90. The van der Waals surface area contributed by atoms with Crippen LogP contribution in [0.1, 0.15) is 44.6 Å². The van der Waals surface area contributed by atoms with Gasteiger partial charge in [0.15, 0.2) is 0 Å². The first-order chi connectivity index (χ1) is 9.61. The third kappa shape index (κ3) is 6.53. The molecule has 1 fully saturated rings. The van der Waals surface area contributed by atoms with Gasteiger partial charge in [0, 0.05) is 30.7 Å². The van der Waals surface area contributed by atoms with Crippen LogP contribution in [-0.2, 0) is 0 Å². The standard InChI is InChI=1S/C7H19NSi2.C7H13NSi2/c1-7(8-10-9)5-3-2-4-6-7;1-6-4-2-3-5-7(6)8-10-9/h8H,2-6,10H2,1,9H3;2-5,8H,10H2,1,9H3. The second kappa shape index (κ2) is 9.72. The first-order valence-corrected chi connectivity index (χ1v) is 20.9. The molecule has 0 aromatic heterocycles. The first-order valence-electron chi connectivity index (χ1n) is 8.16. The van der Waals surface area contributed by atoms with Crippen molar-refractivity contribution in [2.45, 2.75) is 51.5 Å². The second-order valence-electron chi connectivity index (χ2n) is 6.00. The van der Waals surface area contributed by atoms with Gasteiger partial charge in [-0.3, -0.25) is 0 Å². The van der Waals surface area contributed by atoms with Gasteiger partial charge in [-0.1, -0.05) is 37.5 Å². The lowest BCUT2D eigenvalue weighted by atomic mass is 9.84. The van der Waals surface area contributed by atoms with E-state index in [0.717, 1.165) is 0 Å². The molecule has 0 radical (unpaired) electrons. The molecule has 1 aromatic rings. The summed E-state index contributed by atoms with van der Waals surface area (Å²) < 4.78 is 0. The van der Waals surface area contributed by atoms with Gasteiger partial charge >= 0.3 is 0 Å². The van der Waals surface area contributed by atoms with Crippen molar-refractivity contribution in [2.75, 3.05) is 4.98 Å². The summed E-state index contributed by atoms with van der Waals surface area (Å²) in [7, 11) is 3.07. The van der Waals surface area contributed by atoms with Crippen molar-refractivity contribution in [3.8, 4) is 0 Å². The van der Waals surface area contributed by atoms with Gasteiger partial charge in [0.25, 0.3) is 0 Å². The topological polar surface area (TPSA) is 24.1 Å². The maximum Gasteiger partial charge on any atom is 0.0995 e. The molecule has 0 spiro atoms. The van der Waals surface area contributed by atoms with Gasteiger partial charge in [-0.15, -0.1) is 0 Å². The van der Waals surface area contributed by atoms with E-state index in [0.29, 0.717) is 5.54 Å². The van der Waals surface area contributed by atoms with Crippen molar-refractivity contribution in [2.24, 2.45) is 0 Å². The Kier molecular flexibility index (Phi) is 8.70. The highest BCUT2D eigenvalue weighted by molar-refractivity contribution is 6.91. The lowest BCUT2D eigenvalue weighted by Crippen LogP contribution is -2.46. The molecule has 0 saturated heterocycles. The second-order valence-corrected chi connectivity index (χ2v) is 12.4. The van der Waals surface area contributed by atoms with E-state index >= 15 is 0 Å². The molecule has 0 amide bonds. The Labute approximate surface area is 135 Å². The van der Waals surface area contributed by atoms with Gasteiger partial charge in [0.2, 0.25) is 0 Å². The fraction of sp³-hybridized carbons (Fsp3) is 0.571. The highest BCUT2D eigenvalue weighted by Gasteiger charge is 2.24. The minimum absolute atomic E-state index is 0.0832. The number of nitrogens with one attached hydrogen (secondary N) is 2. The summed E-state index contributed by atoms with van der Waals surface area (Å²) in [5.74, 6) is 0. The maximum absolute atomic E-state index is 3.76. The molecule has 2 nitrogen and oxygen atoms in total. The molecule has 0 heterocycles. The van der Waals surface area contributed by atoms with E-state index in [9.17, 15) is 0 Å². The Bertz CT molecular complexity index is 376. The molecule has 1 aliphatic carbocycles. The van der Waals surface area contributed by atoms with E-state index in [1.165, 1.54) is 62.9 Å². The molecule has 2 N–H and O–H groups in total. The average molecular weight is 341 g/mol. The van der Waals surface area contributed by atoms with E-state index in [1.54, 1.807) is 0 Å². The van der Waals surface area contributed by atoms with Crippen LogP contribution < -0.4 is 9.96 Å². The molecule has 0 aliphatic heterocycles. The quantitative estimate of drug-likeness (QED) is 0.718. The summed E-state index contributed by atoms with van der Waals surface area (Å²) in [6.07, 6.45) is 7.25. The van der Waals surface area contributed by atoms with E-state index < -0.39 is 0 Å². The molecule has 2 rings (SSSR count). The van der Waals surface area contributed by atoms with Crippen molar-refractivity contribution in [3.63, 3.8) is 0 Å². The molecule has 1 aromatic carbocycles. The van der Waals surface area contributed by atoms with Crippen LogP contribution in [0.2, 0.25) is 0 Å². The van der Waals surface area contributed by atoms with Gasteiger partial charge in [-0.05, 0) is 38.3 Å². The number of hydrogen-bond acceptors (Lipinski definition) is 2. The first kappa shape index (κ1) is 17.9. The summed E-state index contributed by atoms with van der Waals surface area (Å²) in [4.78, 5) is 7.24. The van der Waals surface area contributed by atoms with Crippen LogP contribution in [-0.4, -0.2) is 43.5 Å². The maximum atomic E-state index is 3.76. The molecule has 1 aliphatic rings. The summed E-state index contributed by atoms with van der Waals surface area (Å²) in [6, 6.07) is 8.46. The molecule has 1 saturated carbocycles. The van der Waals surface area contributed by atoms with Crippen LogP contribution in [0.25, 0.3) is 0 Å². The Hall–Kier alpha value is -0.152. The smallest absolute Gasteiger partial charge is 0.0995 e. The Morgan fingerprint density at radius 2 is 1.70 bits per heavy atom. The molecular weight excluding hydrogens is 309 g/mol. The van der Waals surface area contributed by atoms with Gasteiger partial charge in [0.1, 0.15) is 0 Å². The van der Waals surface area contributed by atoms with Crippen LogP contribution in [0, 0.1) is 6.92 Å². The SMILES string of the molecule is CC1(N[SiH2][SiH3])CCCCC1.Cc1ccccc1N[SiH2][SiH3]. The van der Waals surface area contributed by atoms with E-state index in [-0.39, 0.29) is 18.4 Å². The minimum atomic E-state index is 0.0832. The number of rotatable bonds is 4. The number of anilines is 1. The monoisotopic (exact) mass is 340 g/mol. The van der Waals surface area contributed by atoms with Crippen LogP contribution in [0.15, 0.2) is 24.3 Å². The van der Waals surface area contributed by atoms with Crippen molar-refractivity contribution in [1.29, 1.82) is 0 Å². The number of hydrogen-bond donors (Lipinski definition) is 2. The van der Waals surface area contributed by atoms with E-state index in [4.69, 9.17) is 0 Å². The summed E-state index contributed by atoms with van der Waals surface area (Å²) >= 11 is 0. The highest BCUT2D eigenvalue weighted by atomic mass is 29.1. The predicted molar refractivity (Wildman–Crippen MR) is 106 cm³/mol. The average Bonchev–Trinajstić information content (AvgIpc) is 2.43. The Morgan fingerprint density at radius 3 is 2.25 bits per heavy atom. The molecule has 0 bridgehead atoms. The molecule has 0 atom stereocenters. The summed E-state index contributed by atoms with van der Waals surface area (Å²) in [5.41, 5.74) is 3.28. The largest absolute Gasteiger partial charge is 0.419 e. The van der Waals surface area contributed by atoms with Crippen LogP contribution in [0.3, 0.4) is 0 Å². The molecule has 0 unspecified atom stereocenters. The van der Waals surface area contributed by atoms with Gasteiger partial charge in [-0.25, -0.2) is 0 Å². The van der Waals surface area contributed by atoms with E-state index in [1.807, 2.05) is 0 Å². The lowest BCUT2D eigenvalue weighted by Gasteiger charge is -2.34. The summed E-state index contributed by atoms with van der Waals surface area (Å²) in [5, 5.41) is 0. The van der Waals surface area contributed by atoms with Gasteiger partial charge < -0.3 is 9.96 Å². The van der Waals surface area contributed by atoms with E-state index in [2.05, 4.69) is 48.1 Å². The number of benzene rings is 1. The zero-order chi connectivity index (χ0) is 14.8. The third-order valence-corrected chi connectivity index (χ3v) is 8.14. The lowest BCUT2D eigenvalue weighted by molar-refractivity contribution is 0.297. The zero-order valence-corrected chi connectivity index (χ0v) is 20.6. The van der Waals surface area contributed by atoms with Gasteiger partial charge in [-0.2, -0.15) is 0 Å². The number of para-hydroxylation sites is 1. The summed E-state index contributed by atoms with van der Waals surface area (Å²) in [6.45, 7) is 4.56. The van der Waals surface area contributed by atoms with Crippen LogP contribution in [0.5, 0.6) is 0 Å². The Balaban J connectivity index is 0.000000200. The third-order valence-electron chi connectivity index (χ3n) is 4.07. The Morgan fingerprint density at radius 1 is 1.05 bits per heavy atom. The highest BCUT2D eigenvalue weighted by Crippen LogP contribution is 2.26. The predicted octanol–water partition coefficient (Wildman–Crippen LogP) is -0.566. The minimum Gasteiger partial charge on any atom is -0.419 e. The van der Waals surface area contributed by atoms with Crippen molar-refractivity contribution >= 4 is 43.6 Å². The van der Waals surface area contributed by atoms with Crippen molar-refractivity contribution < 1.29 is 0 Å². The van der Waals surface area contributed by atoms with Crippen molar-refractivity contribution in [1.82, 2.24) is 4.98 Å². The van der Waals surface area contributed by atoms with Crippen LogP contribution in [0.4, 0.5) is 5.69 Å². The molecule has 114 valence electrons. The fourth-order valence-corrected chi connectivity index (χ4v) is 8.59. The number of aryl methyl sites for hydroxylation is 1. The molecule has 6 heteroatoms. The van der Waals surface area contributed by atoms with Crippen LogP contribution >= 0.6 is 0 Å². The molecular formula is C14H32N2Si4. The zero-order valence-electron chi connectivity index (χ0n) is 13.8. The normalized spacial score (nSPS) is 18.5. The van der Waals surface area contributed by atoms with Gasteiger partial charge in [0.05, 0.1) is 18.4 Å². The van der Waals surface area contributed by atoms with Crippen molar-refractivity contribution in [3.05, 3.63) is 29.8 Å².